The molecule has 0 radical (unpaired) electrons. The summed E-state index contributed by atoms with van der Waals surface area (Å²) in [6.45, 7) is 4.61. The molecule has 0 saturated heterocycles. The molecule has 1 saturated carbocycles. The van der Waals surface area contributed by atoms with Crippen molar-refractivity contribution in [2.45, 2.75) is 57.9 Å². The van der Waals surface area contributed by atoms with Crippen LogP contribution in [0.5, 0.6) is 0 Å². The predicted molar refractivity (Wildman–Crippen MR) is 91.2 cm³/mol. The van der Waals surface area contributed by atoms with Crippen LogP contribution in [0, 0.1) is 11.8 Å². The zero-order valence-electron chi connectivity index (χ0n) is 12.5. The molecule has 20 heavy (non-hydrogen) atoms. The van der Waals surface area contributed by atoms with Gasteiger partial charge in [-0.2, -0.15) is 0 Å². The monoisotopic (exact) mass is 357 g/mol. The summed E-state index contributed by atoms with van der Waals surface area (Å²) in [6.07, 6.45) is 7.04. The summed E-state index contributed by atoms with van der Waals surface area (Å²) in [5.74, 6) is 1.54. The Balaban J connectivity index is 2.06. The Bertz CT molecular complexity index is 460. The molecule has 1 aromatic carbocycles. The number of hydrogen-bond acceptors (Lipinski definition) is 1. The number of hydrogen-bond donors (Lipinski definition) is 1. The lowest BCUT2D eigenvalue weighted by Gasteiger charge is -2.39. The molecule has 0 heterocycles. The lowest BCUT2D eigenvalue weighted by atomic mass is 9.71. The largest absolute Gasteiger partial charge is 0.325 e. The second kappa shape index (κ2) is 6.81. The van der Waals surface area contributed by atoms with E-state index in [0.29, 0.717) is 0 Å². The van der Waals surface area contributed by atoms with E-state index in [1.807, 2.05) is 6.07 Å². The maximum Gasteiger partial charge on any atom is 0.0449 e. The van der Waals surface area contributed by atoms with Crippen molar-refractivity contribution in [1.29, 1.82) is 0 Å². The molecule has 1 aromatic rings. The molecule has 0 spiro atoms. The summed E-state index contributed by atoms with van der Waals surface area (Å²) in [6, 6.07) is 6.13. The quantitative estimate of drug-likeness (QED) is 0.747. The van der Waals surface area contributed by atoms with Gasteiger partial charge >= 0.3 is 0 Å². The smallest absolute Gasteiger partial charge is 0.0449 e. The lowest BCUT2D eigenvalue weighted by Crippen LogP contribution is -2.46. The van der Waals surface area contributed by atoms with Gasteiger partial charge in [0.1, 0.15) is 0 Å². The van der Waals surface area contributed by atoms with Crippen LogP contribution in [0.15, 0.2) is 22.7 Å². The maximum atomic E-state index is 6.69. The zero-order valence-corrected chi connectivity index (χ0v) is 14.8. The minimum absolute atomic E-state index is 0.0741. The van der Waals surface area contributed by atoms with Gasteiger partial charge in [-0.1, -0.05) is 60.3 Å². The molecular weight excluding hydrogens is 334 g/mol. The van der Waals surface area contributed by atoms with E-state index in [1.54, 1.807) is 0 Å². The van der Waals surface area contributed by atoms with Crippen LogP contribution in [0.25, 0.3) is 0 Å². The Morgan fingerprint density at radius 1 is 1.45 bits per heavy atom. The molecule has 2 unspecified atom stereocenters. The van der Waals surface area contributed by atoms with Gasteiger partial charge in [0.25, 0.3) is 0 Å². The number of rotatable bonds is 4. The van der Waals surface area contributed by atoms with Crippen molar-refractivity contribution < 1.29 is 0 Å². The molecule has 1 nitrogen and oxygen atoms in total. The highest BCUT2D eigenvalue weighted by molar-refractivity contribution is 9.10. The minimum Gasteiger partial charge on any atom is -0.325 e. The van der Waals surface area contributed by atoms with E-state index in [-0.39, 0.29) is 5.54 Å². The summed E-state index contributed by atoms with van der Waals surface area (Å²) in [5, 5.41) is 0.829. The van der Waals surface area contributed by atoms with Crippen molar-refractivity contribution >= 4 is 27.5 Å². The minimum atomic E-state index is -0.0741. The molecule has 112 valence electrons. The molecule has 3 heteroatoms. The molecule has 0 bridgehead atoms. The molecule has 1 aliphatic rings. The van der Waals surface area contributed by atoms with Crippen molar-refractivity contribution in [1.82, 2.24) is 0 Å². The van der Waals surface area contributed by atoms with Gasteiger partial charge in [0.15, 0.2) is 0 Å². The fourth-order valence-corrected chi connectivity index (χ4v) is 4.33. The number of halogens is 2. The Hall–Kier alpha value is -0.0500. The Morgan fingerprint density at radius 3 is 2.85 bits per heavy atom. The average molecular weight is 359 g/mol. The van der Waals surface area contributed by atoms with E-state index in [2.05, 4.69) is 41.9 Å². The van der Waals surface area contributed by atoms with Crippen molar-refractivity contribution in [2.75, 3.05) is 0 Å². The van der Waals surface area contributed by atoms with Gasteiger partial charge in [0.05, 0.1) is 0 Å². The predicted octanol–water partition coefficient (Wildman–Crippen LogP) is 5.58. The van der Waals surface area contributed by atoms with Crippen LogP contribution < -0.4 is 5.73 Å². The molecule has 1 fully saturated rings. The van der Waals surface area contributed by atoms with Gasteiger partial charge in [-0.05, 0) is 55.2 Å². The molecule has 0 aliphatic heterocycles. The molecule has 0 aromatic heterocycles. The van der Waals surface area contributed by atoms with E-state index >= 15 is 0 Å². The summed E-state index contributed by atoms with van der Waals surface area (Å²) < 4.78 is 1.03. The van der Waals surface area contributed by atoms with Gasteiger partial charge in [-0.3, -0.25) is 0 Å². The maximum absolute atomic E-state index is 6.69. The van der Waals surface area contributed by atoms with Crippen molar-refractivity contribution in [3.05, 3.63) is 33.3 Å². The highest BCUT2D eigenvalue weighted by Crippen LogP contribution is 2.37. The van der Waals surface area contributed by atoms with E-state index < -0.39 is 0 Å². The first-order chi connectivity index (χ1) is 9.38. The van der Waals surface area contributed by atoms with Gasteiger partial charge in [-0.25, -0.2) is 0 Å². The van der Waals surface area contributed by atoms with Crippen molar-refractivity contribution in [2.24, 2.45) is 17.6 Å². The van der Waals surface area contributed by atoms with Gasteiger partial charge < -0.3 is 5.73 Å². The normalized spacial score (nSPS) is 27.0. The molecule has 1 aliphatic carbocycles. The topological polar surface area (TPSA) is 26.0 Å². The van der Waals surface area contributed by atoms with Crippen LogP contribution in [0.2, 0.25) is 5.02 Å². The number of nitrogens with two attached hydrogens (primary N) is 1. The van der Waals surface area contributed by atoms with E-state index in [1.165, 1.54) is 24.8 Å². The van der Waals surface area contributed by atoms with Crippen LogP contribution in [0.1, 0.15) is 51.5 Å². The van der Waals surface area contributed by atoms with Crippen LogP contribution in [0.4, 0.5) is 0 Å². The Morgan fingerprint density at radius 2 is 2.20 bits per heavy atom. The second-order valence-electron chi connectivity index (χ2n) is 6.87. The first kappa shape index (κ1) is 16.3. The van der Waals surface area contributed by atoms with Gasteiger partial charge in [0.2, 0.25) is 0 Å². The third kappa shape index (κ3) is 4.47. The van der Waals surface area contributed by atoms with Crippen LogP contribution in [-0.4, -0.2) is 5.54 Å². The first-order valence-corrected chi connectivity index (χ1v) is 8.78. The lowest BCUT2D eigenvalue weighted by molar-refractivity contribution is 0.200. The first-order valence-electron chi connectivity index (χ1n) is 7.61. The zero-order chi connectivity index (χ0) is 14.8. The molecule has 2 rings (SSSR count). The van der Waals surface area contributed by atoms with E-state index in [0.717, 1.165) is 40.6 Å². The highest BCUT2D eigenvalue weighted by atomic mass is 79.9. The van der Waals surface area contributed by atoms with Crippen molar-refractivity contribution in [3.63, 3.8) is 0 Å². The summed E-state index contributed by atoms with van der Waals surface area (Å²) in [4.78, 5) is 0. The average Bonchev–Trinajstić information content (AvgIpc) is 2.32. The second-order valence-corrected chi connectivity index (χ2v) is 8.19. The van der Waals surface area contributed by atoms with Crippen LogP contribution in [0.3, 0.4) is 0 Å². The fraction of sp³-hybridized carbons (Fsp3) is 0.647. The fourth-order valence-electron chi connectivity index (χ4n) is 3.59. The molecular formula is C17H25BrClN. The van der Waals surface area contributed by atoms with Gasteiger partial charge in [0, 0.05) is 15.0 Å². The molecule has 0 amide bonds. The Kier molecular flexibility index (Phi) is 5.56. The van der Waals surface area contributed by atoms with Crippen molar-refractivity contribution in [3.8, 4) is 0 Å². The SMILES string of the molecule is CC(C)CC1CCCC(N)(Cc2ccc(Br)cc2Cl)C1. The summed E-state index contributed by atoms with van der Waals surface area (Å²) in [7, 11) is 0. The van der Waals surface area contributed by atoms with E-state index in [4.69, 9.17) is 17.3 Å². The molecule has 2 atom stereocenters. The summed E-state index contributed by atoms with van der Waals surface area (Å²) in [5.41, 5.74) is 7.80. The standard InChI is InChI=1S/C17H25BrClN/c1-12(2)8-13-4-3-7-17(20,10-13)11-14-5-6-15(18)9-16(14)19/h5-6,9,12-13H,3-4,7-8,10-11,20H2,1-2H3. The summed E-state index contributed by atoms with van der Waals surface area (Å²) >= 11 is 9.80. The highest BCUT2D eigenvalue weighted by Gasteiger charge is 2.33. The van der Waals surface area contributed by atoms with E-state index in [9.17, 15) is 0 Å². The van der Waals surface area contributed by atoms with Crippen LogP contribution >= 0.6 is 27.5 Å². The molecule has 2 N–H and O–H groups in total. The van der Waals surface area contributed by atoms with Crippen LogP contribution in [-0.2, 0) is 6.42 Å². The van der Waals surface area contributed by atoms with Gasteiger partial charge in [-0.15, -0.1) is 0 Å². The Labute approximate surface area is 136 Å². The number of benzene rings is 1. The third-order valence-electron chi connectivity index (χ3n) is 4.34. The third-order valence-corrected chi connectivity index (χ3v) is 5.19.